The second kappa shape index (κ2) is 4.67. The first kappa shape index (κ1) is 12.6. The molecule has 0 atom stereocenters. The first-order chi connectivity index (χ1) is 3.50. The molecule has 0 rings (SSSR count). The molecule has 0 N–H and O–H groups in total. The van der Waals surface area contributed by atoms with E-state index in [1.54, 1.807) is 0 Å². The summed E-state index contributed by atoms with van der Waals surface area (Å²) in [6, 6.07) is 0. The first-order valence-electron chi connectivity index (χ1n) is 2.72. The predicted octanol–water partition coefficient (Wildman–Crippen LogP) is -1.89. The van der Waals surface area contributed by atoms with Crippen molar-refractivity contribution in [1.82, 2.24) is 0 Å². The SMILES string of the molecule is CCC(C)(C)C([O-])=S.[Na+]. The minimum absolute atomic E-state index is 0. The summed E-state index contributed by atoms with van der Waals surface area (Å²) in [6.45, 7) is 5.69. The monoisotopic (exact) mass is 154 g/mol. The van der Waals surface area contributed by atoms with Gasteiger partial charge in [0.1, 0.15) is 0 Å². The second-order valence-corrected chi connectivity index (χ2v) is 2.90. The molecule has 0 saturated heterocycles. The van der Waals surface area contributed by atoms with Crippen LogP contribution in [0.4, 0.5) is 0 Å². The molecule has 0 unspecified atom stereocenters. The summed E-state index contributed by atoms with van der Waals surface area (Å²) in [5, 5.41) is 10.4. The second-order valence-electron chi connectivity index (χ2n) is 2.52. The summed E-state index contributed by atoms with van der Waals surface area (Å²) >= 11 is 4.48. The van der Waals surface area contributed by atoms with Gasteiger partial charge in [-0.1, -0.05) is 25.8 Å². The minimum atomic E-state index is -0.282. The fourth-order valence-electron chi connectivity index (χ4n) is 0.144. The molecule has 0 radical (unpaired) electrons. The van der Waals surface area contributed by atoms with Crippen LogP contribution in [0, 0.1) is 5.41 Å². The first-order valence-corrected chi connectivity index (χ1v) is 3.13. The molecule has 0 saturated carbocycles. The molecule has 0 aliphatic heterocycles. The number of rotatable bonds is 2. The zero-order valence-corrected chi connectivity index (χ0v) is 9.34. The Morgan fingerprint density at radius 1 is 1.56 bits per heavy atom. The van der Waals surface area contributed by atoms with Gasteiger partial charge < -0.3 is 5.11 Å². The van der Waals surface area contributed by atoms with E-state index in [9.17, 15) is 5.11 Å². The van der Waals surface area contributed by atoms with Crippen LogP contribution in [0.5, 0.6) is 0 Å². The fraction of sp³-hybridized carbons (Fsp3) is 0.833. The van der Waals surface area contributed by atoms with Crippen molar-refractivity contribution in [2.24, 2.45) is 5.41 Å². The van der Waals surface area contributed by atoms with Gasteiger partial charge in [0.15, 0.2) is 0 Å². The molecule has 0 heterocycles. The van der Waals surface area contributed by atoms with Crippen molar-refractivity contribution in [3.8, 4) is 0 Å². The molecule has 3 heteroatoms. The van der Waals surface area contributed by atoms with Crippen LogP contribution >= 0.6 is 12.2 Å². The Morgan fingerprint density at radius 2 is 1.89 bits per heavy atom. The van der Waals surface area contributed by atoms with Crippen molar-refractivity contribution in [1.29, 1.82) is 0 Å². The van der Waals surface area contributed by atoms with Gasteiger partial charge >= 0.3 is 29.6 Å². The Balaban J connectivity index is 0. The number of hydrogen-bond donors (Lipinski definition) is 0. The van der Waals surface area contributed by atoms with E-state index in [2.05, 4.69) is 12.2 Å². The van der Waals surface area contributed by atoms with Gasteiger partial charge in [-0.25, -0.2) is 0 Å². The third kappa shape index (κ3) is 4.31. The summed E-state index contributed by atoms with van der Waals surface area (Å²) in [5.74, 6) is 0. The van der Waals surface area contributed by atoms with Crippen LogP contribution in [0.15, 0.2) is 0 Å². The maximum absolute atomic E-state index is 10.5. The zero-order chi connectivity index (χ0) is 6.78. The van der Waals surface area contributed by atoms with Crippen molar-refractivity contribution in [2.75, 3.05) is 0 Å². The van der Waals surface area contributed by atoms with Crippen LogP contribution in [-0.2, 0) is 0 Å². The molecule has 0 bridgehead atoms. The fourth-order valence-corrected chi connectivity index (χ4v) is 0.289. The van der Waals surface area contributed by atoms with Crippen molar-refractivity contribution in [3.63, 3.8) is 0 Å². The van der Waals surface area contributed by atoms with Crippen LogP contribution in [0.3, 0.4) is 0 Å². The van der Waals surface area contributed by atoms with Crippen LogP contribution in [0.1, 0.15) is 27.2 Å². The zero-order valence-electron chi connectivity index (χ0n) is 6.52. The molecule has 0 aromatic heterocycles. The summed E-state index contributed by atoms with van der Waals surface area (Å²) in [5.41, 5.74) is -0.282. The Labute approximate surface area is 84.1 Å². The van der Waals surface area contributed by atoms with Crippen molar-refractivity contribution in [2.45, 2.75) is 27.2 Å². The van der Waals surface area contributed by atoms with E-state index in [1.165, 1.54) is 0 Å². The van der Waals surface area contributed by atoms with Gasteiger partial charge in [0.05, 0.1) is 0 Å². The molecule has 48 valence electrons. The quantitative estimate of drug-likeness (QED) is 0.343. The molecule has 0 aromatic rings. The van der Waals surface area contributed by atoms with Gasteiger partial charge in [-0.2, -0.15) is 0 Å². The Hall–Kier alpha value is 0.890. The summed E-state index contributed by atoms with van der Waals surface area (Å²) in [7, 11) is 0. The minimum Gasteiger partial charge on any atom is -0.867 e. The van der Waals surface area contributed by atoms with Crippen molar-refractivity contribution in [3.05, 3.63) is 0 Å². The third-order valence-corrected chi connectivity index (χ3v) is 1.99. The van der Waals surface area contributed by atoms with Crippen LogP contribution in [-0.4, -0.2) is 5.05 Å². The maximum Gasteiger partial charge on any atom is 1.00 e. The normalized spacial score (nSPS) is 10.1. The largest absolute Gasteiger partial charge is 1.00 e. The molecule has 0 aromatic carbocycles. The van der Waals surface area contributed by atoms with E-state index >= 15 is 0 Å². The van der Waals surface area contributed by atoms with E-state index in [0.29, 0.717) is 0 Å². The molecule has 0 amide bonds. The van der Waals surface area contributed by atoms with Gasteiger partial charge in [-0.3, -0.25) is 0 Å². The molecule has 9 heavy (non-hydrogen) atoms. The topological polar surface area (TPSA) is 23.1 Å². The summed E-state index contributed by atoms with van der Waals surface area (Å²) in [4.78, 5) is 0. The average Bonchev–Trinajstić information content (AvgIpc) is 1.67. The molecule has 1 nitrogen and oxygen atoms in total. The van der Waals surface area contributed by atoms with Gasteiger partial charge in [0, 0.05) is 0 Å². The molecule has 0 spiro atoms. The standard InChI is InChI=1S/C6H12OS.Na/c1-4-6(2,3)5(7)8;/h4H2,1-3H3,(H,7,8);/q;+1/p-1. The molecule has 0 fully saturated rings. The van der Waals surface area contributed by atoms with Crippen molar-refractivity contribution >= 4 is 17.3 Å². The van der Waals surface area contributed by atoms with Gasteiger partial charge in [0.25, 0.3) is 0 Å². The van der Waals surface area contributed by atoms with Crippen molar-refractivity contribution < 1.29 is 34.7 Å². The third-order valence-electron chi connectivity index (χ3n) is 1.44. The van der Waals surface area contributed by atoms with Gasteiger partial charge in [0.2, 0.25) is 0 Å². The maximum atomic E-state index is 10.5. The van der Waals surface area contributed by atoms with Crippen LogP contribution in [0.2, 0.25) is 0 Å². The predicted molar refractivity (Wildman–Crippen MR) is 36.7 cm³/mol. The average molecular weight is 154 g/mol. The number of hydrogen-bond acceptors (Lipinski definition) is 2. The van der Waals surface area contributed by atoms with E-state index in [-0.39, 0.29) is 40.0 Å². The Bertz CT molecular complexity index is 101. The van der Waals surface area contributed by atoms with Gasteiger partial charge in [-0.05, 0) is 11.8 Å². The van der Waals surface area contributed by atoms with E-state index in [1.807, 2.05) is 20.8 Å². The van der Waals surface area contributed by atoms with E-state index < -0.39 is 0 Å². The summed E-state index contributed by atoms with van der Waals surface area (Å²) in [6.07, 6.45) is 0.829. The van der Waals surface area contributed by atoms with Crippen LogP contribution < -0.4 is 34.7 Å². The van der Waals surface area contributed by atoms with Crippen LogP contribution in [0.25, 0.3) is 0 Å². The molecular weight excluding hydrogens is 143 g/mol. The van der Waals surface area contributed by atoms with E-state index in [0.717, 1.165) is 6.42 Å². The van der Waals surface area contributed by atoms with Gasteiger partial charge in [-0.15, -0.1) is 12.2 Å². The summed E-state index contributed by atoms with van der Waals surface area (Å²) < 4.78 is 0. The smallest absolute Gasteiger partial charge is 0.867 e. The molecule has 0 aliphatic carbocycles. The molecule has 0 aliphatic rings. The van der Waals surface area contributed by atoms with E-state index in [4.69, 9.17) is 0 Å². The Morgan fingerprint density at radius 3 is 1.89 bits per heavy atom. The number of thiocarbonyl (C=S) groups is 1. The molecular formula is C6H11NaOS. The Kier molecular flexibility index (Phi) is 6.51.